The van der Waals surface area contributed by atoms with Gasteiger partial charge in [0.25, 0.3) is 10.0 Å². The number of halogens is 1. The van der Waals surface area contributed by atoms with Crippen LogP contribution < -0.4 is 9.46 Å². The van der Waals surface area contributed by atoms with E-state index < -0.39 is 10.0 Å². The Hall–Kier alpha value is -2.30. The molecule has 2 aromatic carbocycles. The number of nitrogens with zero attached hydrogens (tertiary/aromatic N) is 3. The molecular weight excluding hydrogens is 464 g/mol. The Bertz CT molecular complexity index is 1100. The summed E-state index contributed by atoms with van der Waals surface area (Å²) in [6.45, 7) is 1.93. The second kappa shape index (κ2) is 8.80. The number of nitrogens with one attached hydrogen (secondary N) is 1. The second-order valence-electron chi connectivity index (χ2n) is 5.60. The normalized spacial score (nSPS) is 11.7. The average molecular weight is 481 g/mol. The van der Waals surface area contributed by atoms with E-state index in [-0.39, 0.29) is 10.0 Å². The predicted octanol–water partition coefficient (Wildman–Crippen LogP) is 4.42. The number of methoxy groups -OCH3 is 1. The minimum atomic E-state index is -3.73. The van der Waals surface area contributed by atoms with Gasteiger partial charge in [-0.05, 0) is 48.9 Å². The Balaban J connectivity index is 1.76. The molecular formula is C18H17BrN4O3S2. The Morgan fingerprint density at radius 2 is 1.96 bits per heavy atom. The molecule has 0 amide bonds. The molecule has 146 valence electrons. The Kier molecular flexibility index (Phi) is 6.42. The van der Waals surface area contributed by atoms with Gasteiger partial charge in [0.2, 0.25) is 5.13 Å². The number of sulfonamides is 1. The number of aromatic nitrogens is 2. The van der Waals surface area contributed by atoms with Crippen molar-refractivity contribution in [2.45, 2.75) is 18.2 Å². The van der Waals surface area contributed by atoms with Crippen molar-refractivity contribution >= 4 is 54.3 Å². The van der Waals surface area contributed by atoms with Crippen LogP contribution in [0.2, 0.25) is 0 Å². The van der Waals surface area contributed by atoms with E-state index in [1.165, 1.54) is 23.5 Å². The van der Waals surface area contributed by atoms with E-state index in [0.717, 1.165) is 15.0 Å². The molecule has 0 radical (unpaired) electrons. The summed E-state index contributed by atoms with van der Waals surface area (Å²) in [6.07, 6.45) is 2.37. The lowest BCUT2D eigenvalue weighted by Crippen LogP contribution is -2.12. The molecule has 1 aromatic heterocycles. The van der Waals surface area contributed by atoms with Crippen molar-refractivity contribution in [3.63, 3.8) is 0 Å². The first kappa shape index (κ1) is 20.4. The highest BCUT2D eigenvalue weighted by Gasteiger charge is 2.16. The smallest absolute Gasteiger partial charge is 0.263 e. The maximum Gasteiger partial charge on any atom is 0.263 e. The number of hydrogen-bond acceptors (Lipinski definition) is 7. The van der Waals surface area contributed by atoms with Crippen molar-refractivity contribution in [2.24, 2.45) is 4.99 Å². The van der Waals surface area contributed by atoms with Crippen LogP contribution in [-0.2, 0) is 16.4 Å². The van der Waals surface area contributed by atoms with Gasteiger partial charge in [-0.3, -0.25) is 9.71 Å². The lowest BCUT2D eigenvalue weighted by atomic mass is 10.2. The maximum absolute atomic E-state index is 12.5. The molecule has 3 rings (SSSR count). The molecule has 0 unspecified atom stereocenters. The molecule has 0 atom stereocenters. The molecule has 1 N–H and O–H groups in total. The fraction of sp³-hybridized carbons (Fsp3) is 0.167. The van der Waals surface area contributed by atoms with E-state index in [9.17, 15) is 8.42 Å². The second-order valence-corrected chi connectivity index (χ2v) is 9.26. The standard InChI is InChI=1S/C18H17BrN4O3S2/c1-3-17-21-22-18(27-17)23-28(24,25)15-7-5-14(6-8-15)20-11-12-10-13(19)4-9-16(12)26-2/h4-11H,3H2,1-2H3,(H,22,23). The fourth-order valence-corrected chi connectivity index (χ4v) is 4.56. The Morgan fingerprint density at radius 1 is 1.21 bits per heavy atom. The van der Waals surface area contributed by atoms with E-state index >= 15 is 0 Å². The molecule has 0 aliphatic carbocycles. The van der Waals surface area contributed by atoms with E-state index in [1.54, 1.807) is 25.5 Å². The van der Waals surface area contributed by atoms with Gasteiger partial charge in [-0.25, -0.2) is 8.42 Å². The molecule has 0 bridgehead atoms. The Morgan fingerprint density at radius 3 is 2.61 bits per heavy atom. The summed E-state index contributed by atoms with van der Waals surface area (Å²) in [5, 5.41) is 8.77. The largest absolute Gasteiger partial charge is 0.496 e. The summed E-state index contributed by atoms with van der Waals surface area (Å²) in [4.78, 5) is 4.51. The number of benzene rings is 2. The first-order chi connectivity index (χ1) is 13.4. The molecule has 0 saturated carbocycles. The zero-order valence-electron chi connectivity index (χ0n) is 15.1. The number of aryl methyl sites for hydroxylation is 1. The number of anilines is 1. The topological polar surface area (TPSA) is 93.5 Å². The summed E-state index contributed by atoms with van der Waals surface area (Å²) in [5.74, 6) is 0.693. The summed E-state index contributed by atoms with van der Waals surface area (Å²) < 4.78 is 33.6. The lowest BCUT2D eigenvalue weighted by Gasteiger charge is -2.06. The first-order valence-corrected chi connectivity index (χ1v) is 11.3. The van der Waals surface area contributed by atoms with Crippen LogP contribution >= 0.6 is 27.3 Å². The zero-order chi connectivity index (χ0) is 20.1. The molecule has 28 heavy (non-hydrogen) atoms. The fourth-order valence-electron chi connectivity index (χ4n) is 2.27. The van der Waals surface area contributed by atoms with Gasteiger partial charge in [-0.15, -0.1) is 10.2 Å². The monoisotopic (exact) mass is 480 g/mol. The van der Waals surface area contributed by atoms with Gasteiger partial charge in [0, 0.05) is 16.3 Å². The van der Waals surface area contributed by atoms with E-state index in [2.05, 4.69) is 35.8 Å². The van der Waals surface area contributed by atoms with Gasteiger partial charge < -0.3 is 4.74 Å². The van der Waals surface area contributed by atoms with Crippen LogP contribution in [-0.4, -0.2) is 31.9 Å². The number of rotatable bonds is 7. The summed E-state index contributed by atoms with van der Waals surface area (Å²) in [6, 6.07) is 11.9. The van der Waals surface area contributed by atoms with E-state index in [0.29, 0.717) is 17.9 Å². The minimum Gasteiger partial charge on any atom is -0.496 e. The zero-order valence-corrected chi connectivity index (χ0v) is 18.3. The van der Waals surface area contributed by atoms with Crippen LogP contribution in [0, 0.1) is 0 Å². The van der Waals surface area contributed by atoms with Crippen LogP contribution in [0.4, 0.5) is 10.8 Å². The third kappa shape index (κ3) is 4.94. The molecule has 0 aliphatic rings. The van der Waals surface area contributed by atoms with Crippen molar-refractivity contribution in [1.82, 2.24) is 10.2 Å². The molecule has 3 aromatic rings. The third-order valence-corrected chi connectivity index (χ3v) is 6.64. The third-order valence-electron chi connectivity index (χ3n) is 3.68. The van der Waals surface area contributed by atoms with Crippen molar-refractivity contribution in [2.75, 3.05) is 11.8 Å². The van der Waals surface area contributed by atoms with Crippen molar-refractivity contribution in [3.8, 4) is 5.75 Å². The van der Waals surface area contributed by atoms with Gasteiger partial charge >= 0.3 is 0 Å². The Labute approximate surface area is 175 Å². The van der Waals surface area contributed by atoms with Crippen LogP contribution in [0.5, 0.6) is 5.75 Å². The number of hydrogen-bond donors (Lipinski definition) is 1. The minimum absolute atomic E-state index is 0.125. The van der Waals surface area contributed by atoms with Gasteiger partial charge in [0.15, 0.2) is 0 Å². The van der Waals surface area contributed by atoms with Crippen LogP contribution in [0.15, 0.2) is 56.8 Å². The summed E-state index contributed by atoms with van der Waals surface area (Å²) >= 11 is 4.63. The quantitative estimate of drug-likeness (QED) is 0.505. The van der Waals surface area contributed by atoms with Gasteiger partial charge in [-0.2, -0.15) is 0 Å². The van der Waals surface area contributed by atoms with E-state index in [4.69, 9.17) is 4.74 Å². The number of aliphatic imine (C=N–C) groups is 1. The molecule has 1 heterocycles. The van der Waals surface area contributed by atoms with E-state index in [1.807, 2.05) is 25.1 Å². The first-order valence-electron chi connectivity index (χ1n) is 8.24. The highest BCUT2D eigenvalue weighted by atomic mass is 79.9. The van der Waals surface area contributed by atoms with Gasteiger partial charge in [0.1, 0.15) is 10.8 Å². The molecule has 0 fully saturated rings. The molecule has 10 heteroatoms. The van der Waals surface area contributed by atoms with Crippen LogP contribution in [0.25, 0.3) is 0 Å². The lowest BCUT2D eigenvalue weighted by molar-refractivity contribution is 0.414. The van der Waals surface area contributed by atoms with Gasteiger partial charge in [-0.1, -0.05) is 34.2 Å². The average Bonchev–Trinajstić information content (AvgIpc) is 3.13. The van der Waals surface area contributed by atoms with Crippen molar-refractivity contribution < 1.29 is 13.2 Å². The highest BCUT2D eigenvalue weighted by molar-refractivity contribution is 9.10. The molecule has 7 nitrogen and oxygen atoms in total. The summed E-state index contributed by atoms with van der Waals surface area (Å²) in [5.41, 5.74) is 1.42. The molecule has 0 saturated heterocycles. The molecule has 0 aliphatic heterocycles. The van der Waals surface area contributed by atoms with Crippen molar-refractivity contribution in [1.29, 1.82) is 0 Å². The maximum atomic E-state index is 12.5. The summed E-state index contributed by atoms with van der Waals surface area (Å²) in [7, 11) is -2.14. The van der Waals surface area contributed by atoms with Crippen molar-refractivity contribution in [3.05, 3.63) is 57.5 Å². The van der Waals surface area contributed by atoms with Crippen LogP contribution in [0.1, 0.15) is 17.5 Å². The highest BCUT2D eigenvalue weighted by Crippen LogP contribution is 2.24. The SMILES string of the molecule is CCc1nnc(NS(=O)(=O)c2ccc(N=Cc3cc(Br)ccc3OC)cc2)s1. The number of ether oxygens (including phenoxy) is 1. The molecule has 0 spiro atoms. The predicted molar refractivity (Wildman–Crippen MR) is 114 cm³/mol. The van der Waals surface area contributed by atoms with Gasteiger partial charge in [0.05, 0.1) is 17.7 Å². The van der Waals surface area contributed by atoms with Crippen LogP contribution in [0.3, 0.4) is 0 Å².